The van der Waals surface area contributed by atoms with Gasteiger partial charge in [-0.25, -0.2) is 0 Å². The Bertz CT molecular complexity index is 644. The molecule has 0 saturated carbocycles. The summed E-state index contributed by atoms with van der Waals surface area (Å²) in [4.78, 5) is 10.5. The van der Waals surface area contributed by atoms with E-state index in [0.717, 1.165) is 29.9 Å². The van der Waals surface area contributed by atoms with Crippen molar-refractivity contribution in [2.24, 2.45) is 0 Å². The van der Waals surface area contributed by atoms with Crippen LogP contribution >= 0.6 is 0 Å². The first-order valence-corrected chi connectivity index (χ1v) is 15.6. The molecule has 1 rings (SSSR count). The Hall–Kier alpha value is -1.28. The highest BCUT2D eigenvalue weighted by Gasteiger charge is 2.42. The molecule has 0 aromatic heterocycles. The van der Waals surface area contributed by atoms with Gasteiger partial charge in [0.1, 0.15) is 11.5 Å². The summed E-state index contributed by atoms with van der Waals surface area (Å²) in [5.41, 5.74) is 1.14. The Morgan fingerprint density at radius 2 is 1.37 bits per heavy atom. The van der Waals surface area contributed by atoms with Crippen LogP contribution in [-0.2, 0) is 11.2 Å². The molecule has 0 aliphatic carbocycles. The van der Waals surface area contributed by atoms with Gasteiger partial charge in [0.15, 0.2) is 0 Å². The van der Waals surface area contributed by atoms with Crippen LogP contribution in [0.1, 0.15) is 47.1 Å². The lowest BCUT2D eigenvalue weighted by atomic mass is 10.1. The molecule has 1 N–H and O–H groups in total. The topological polar surface area (TPSA) is 47.6 Å². The van der Waals surface area contributed by atoms with E-state index in [-0.39, 0.29) is 10.1 Å². The van der Waals surface area contributed by atoms with Crippen molar-refractivity contribution < 1.29 is 13.6 Å². The van der Waals surface area contributed by atoms with Crippen molar-refractivity contribution >= 4 is 23.0 Å². The molecule has 0 spiro atoms. The van der Waals surface area contributed by atoms with Gasteiger partial charge in [-0.05, 0) is 60.4 Å². The van der Waals surface area contributed by atoms with Crippen LogP contribution in [0.5, 0.6) is 11.5 Å². The van der Waals surface area contributed by atoms with E-state index in [4.69, 9.17) is 8.85 Å². The normalized spacial score (nSPS) is 13.3. The molecule has 154 valence electrons. The van der Waals surface area contributed by atoms with E-state index in [0.29, 0.717) is 6.54 Å². The van der Waals surface area contributed by atoms with Gasteiger partial charge < -0.3 is 14.2 Å². The van der Waals surface area contributed by atoms with Crippen LogP contribution in [0.2, 0.25) is 36.3 Å². The molecule has 0 atom stereocenters. The van der Waals surface area contributed by atoms with Crippen LogP contribution in [0, 0.1) is 0 Å². The van der Waals surface area contributed by atoms with Crippen LogP contribution in [-0.4, -0.2) is 29.6 Å². The molecule has 0 bridgehead atoms. The van der Waals surface area contributed by atoms with Crippen molar-refractivity contribution in [1.29, 1.82) is 0 Å². The second-order valence-electron chi connectivity index (χ2n) is 10.3. The number of hydrogen-bond acceptors (Lipinski definition) is 3. The first-order valence-electron chi connectivity index (χ1n) is 9.79. The summed E-state index contributed by atoms with van der Waals surface area (Å²) in [5.74, 6) is 1.69. The fourth-order valence-electron chi connectivity index (χ4n) is 2.00. The molecule has 0 heterocycles. The van der Waals surface area contributed by atoms with Gasteiger partial charge in [-0.3, -0.25) is 4.79 Å². The lowest BCUT2D eigenvalue weighted by Crippen LogP contribution is -2.45. The molecule has 0 aliphatic heterocycles. The van der Waals surface area contributed by atoms with Gasteiger partial charge in [0.25, 0.3) is 16.6 Å². The Labute approximate surface area is 168 Å². The predicted octanol–water partition coefficient (Wildman–Crippen LogP) is 5.74. The largest absolute Gasteiger partial charge is 0.541 e. The Morgan fingerprint density at radius 3 is 1.81 bits per heavy atom. The standard InChI is InChI=1S/C21H39NO3Si2/c1-20(2,3)26(7,8)24-18-12-11-17(13-14-22-16-23)15-19(18)25-27(9,10)21(4,5)6/h11-12,15-16H,13-14H2,1-10H3,(H,22,23). The van der Waals surface area contributed by atoms with Crippen molar-refractivity contribution in [3.05, 3.63) is 23.8 Å². The van der Waals surface area contributed by atoms with Crippen LogP contribution in [0.15, 0.2) is 18.2 Å². The highest BCUT2D eigenvalue weighted by Crippen LogP contribution is 2.43. The van der Waals surface area contributed by atoms with Gasteiger partial charge in [0.05, 0.1) is 0 Å². The SMILES string of the molecule is CC(C)(C)[Si](C)(C)Oc1ccc(CCNC=O)cc1O[Si](C)(C)C(C)(C)C. The first kappa shape index (κ1) is 23.8. The smallest absolute Gasteiger partial charge is 0.250 e. The molecule has 0 radical (unpaired) electrons. The van der Waals surface area contributed by atoms with E-state index in [1.54, 1.807) is 0 Å². The van der Waals surface area contributed by atoms with Crippen molar-refractivity contribution in [3.8, 4) is 11.5 Å². The van der Waals surface area contributed by atoms with Gasteiger partial charge in [-0.2, -0.15) is 0 Å². The zero-order valence-electron chi connectivity index (χ0n) is 18.9. The fraction of sp³-hybridized carbons (Fsp3) is 0.667. The maximum absolute atomic E-state index is 10.5. The number of carbonyl (C=O) groups excluding carboxylic acids is 1. The van der Waals surface area contributed by atoms with Gasteiger partial charge in [0, 0.05) is 6.54 Å². The zero-order valence-corrected chi connectivity index (χ0v) is 20.9. The van der Waals surface area contributed by atoms with Crippen LogP contribution in [0.3, 0.4) is 0 Å². The van der Waals surface area contributed by atoms with Crippen LogP contribution in [0.4, 0.5) is 0 Å². The van der Waals surface area contributed by atoms with Crippen LogP contribution < -0.4 is 14.2 Å². The monoisotopic (exact) mass is 409 g/mol. The van der Waals surface area contributed by atoms with E-state index in [1.165, 1.54) is 0 Å². The van der Waals surface area contributed by atoms with Crippen molar-refractivity contribution in [3.63, 3.8) is 0 Å². The average molecular weight is 410 g/mol. The van der Waals surface area contributed by atoms with Crippen molar-refractivity contribution in [2.75, 3.05) is 6.54 Å². The highest BCUT2D eigenvalue weighted by atomic mass is 28.4. The first-order chi connectivity index (χ1) is 12.1. The van der Waals surface area contributed by atoms with Gasteiger partial charge >= 0.3 is 0 Å². The number of amides is 1. The van der Waals surface area contributed by atoms with E-state index in [9.17, 15) is 4.79 Å². The van der Waals surface area contributed by atoms with E-state index in [1.807, 2.05) is 6.07 Å². The molecule has 6 heteroatoms. The number of hydrogen-bond donors (Lipinski definition) is 1. The Kier molecular flexibility index (Phi) is 7.38. The maximum Gasteiger partial charge on any atom is 0.250 e. The van der Waals surface area contributed by atoms with E-state index < -0.39 is 16.6 Å². The van der Waals surface area contributed by atoms with Gasteiger partial charge in [-0.15, -0.1) is 0 Å². The molecule has 0 fully saturated rings. The zero-order chi connectivity index (χ0) is 21.1. The minimum Gasteiger partial charge on any atom is -0.541 e. The summed E-state index contributed by atoms with van der Waals surface area (Å²) >= 11 is 0. The molecule has 1 aromatic carbocycles. The number of rotatable bonds is 8. The minimum absolute atomic E-state index is 0.107. The predicted molar refractivity (Wildman–Crippen MR) is 120 cm³/mol. The van der Waals surface area contributed by atoms with Crippen molar-refractivity contribution in [2.45, 2.75) is 84.2 Å². The van der Waals surface area contributed by atoms with Crippen LogP contribution in [0.25, 0.3) is 0 Å². The number of nitrogens with one attached hydrogen (secondary N) is 1. The molecule has 0 unspecified atom stereocenters. The summed E-state index contributed by atoms with van der Waals surface area (Å²) in [6.45, 7) is 23.1. The molecular formula is C21H39NO3Si2. The quantitative estimate of drug-likeness (QED) is 0.338. The fourth-order valence-corrected chi connectivity index (χ4v) is 4.04. The summed E-state index contributed by atoms with van der Waals surface area (Å²) < 4.78 is 13.3. The Morgan fingerprint density at radius 1 is 0.889 bits per heavy atom. The molecule has 4 nitrogen and oxygen atoms in total. The second kappa shape index (κ2) is 8.39. The van der Waals surface area contributed by atoms with Crippen molar-refractivity contribution in [1.82, 2.24) is 5.32 Å². The minimum atomic E-state index is -2.00. The summed E-state index contributed by atoms with van der Waals surface area (Å²) in [6, 6.07) is 6.21. The summed E-state index contributed by atoms with van der Waals surface area (Å²) in [6.07, 6.45) is 1.51. The Balaban J connectivity index is 3.27. The molecule has 1 aromatic rings. The van der Waals surface area contributed by atoms with Gasteiger partial charge in [-0.1, -0.05) is 47.6 Å². The molecule has 1 amide bonds. The molecule has 0 aliphatic rings. The summed E-state index contributed by atoms with van der Waals surface area (Å²) in [5, 5.41) is 2.95. The number of benzene rings is 1. The second-order valence-corrected chi connectivity index (χ2v) is 19.8. The molecule has 0 saturated heterocycles. The van der Waals surface area contributed by atoms with E-state index in [2.05, 4.69) is 85.2 Å². The molecular weight excluding hydrogens is 370 g/mol. The highest BCUT2D eigenvalue weighted by molar-refractivity contribution is 6.75. The maximum atomic E-state index is 10.5. The third-order valence-corrected chi connectivity index (χ3v) is 14.7. The average Bonchev–Trinajstić information content (AvgIpc) is 2.47. The number of carbonyl (C=O) groups is 1. The third-order valence-electron chi connectivity index (χ3n) is 5.99. The van der Waals surface area contributed by atoms with Gasteiger partial charge in [0.2, 0.25) is 6.41 Å². The lowest BCUT2D eigenvalue weighted by molar-refractivity contribution is -0.109. The van der Waals surface area contributed by atoms with E-state index >= 15 is 0 Å². The molecule has 27 heavy (non-hydrogen) atoms. The summed E-state index contributed by atoms with van der Waals surface area (Å²) in [7, 11) is -3.97. The lowest BCUT2D eigenvalue weighted by Gasteiger charge is -2.39. The third kappa shape index (κ3) is 6.38.